The Morgan fingerprint density at radius 1 is 1.04 bits per heavy atom. The van der Waals surface area contributed by atoms with Gasteiger partial charge in [-0.25, -0.2) is 0 Å². The van der Waals surface area contributed by atoms with Crippen LogP contribution in [-0.4, -0.2) is 24.8 Å². The third kappa shape index (κ3) is 7.09. The number of thioether (sulfide) groups is 1. The Morgan fingerprint density at radius 2 is 1.79 bits per heavy atom. The molecule has 24 heavy (non-hydrogen) atoms. The summed E-state index contributed by atoms with van der Waals surface area (Å²) >= 11 is 1.78. The van der Waals surface area contributed by atoms with E-state index in [1.54, 1.807) is 11.8 Å². The predicted molar refractivity (Wildman–Crippen MR) is 102 cm³/mol. The maximum absolute atomic E-state index is 11.8. The Labute approximate surface area is 148 Å². The van der Waals surface area contributed by atoms with Crippen LogP contribution in [0.4, 0.5) is 0 Å². The number of carbonyl (C=O) groups is 1. The highest BCUT2D eigenvalue weighted by molar-refractivity contribution is 7.98. The summed E-state index contributed by atoms with van der Waals surface area (Å²) in [5.74, 6) is 2.71. The molecule has 0 unspecified atom stereocenters. The van der Waals surface area contributed by atoms with Crippen LogP contribution in [0.25, 0.3) is 0 Å². The second kappa shape index (κ2) is 10.8. The van der Waals surface area contributed by atoms with Crippen molar-refractivity contribution in [1.82, 2.24) is 5.32 Å². The third-order valence-electron chi connectivity index (χ3n) is 3.61. The van der Waals surface area contributed by atoms with Crippen LogP contribution in [0.15, 0.2) is 54.6 Å². The molecule has 4 heteroatoms. The third-order valence-corrected chi connectivity index (χ3v) is 4.64. The van der Waals surface area contributed by atoms with Crippen molar-refractivity contribution in [2.75, 3.05) is 18.9 Å². The number of rotatable bonds is 10. The summed E-state index contributed by atoms with van der Waals surface area (Å²) < 4.78 is 5.62. The lowest BCUT2D eigenvalue weighted by molar-refractivity contribution is -0.120. The van der Waals surface area contributed by atoms with E-state index in [4.69, 9.17) is 4.74 Å². The number of amides is 1. The molecule has 0 aliphatic heterocycles. The number of carbonyl (C=O) groups excluding carboxylic acids is 1. The highest BCUT2D eigenvalue weighted by Gasteiger charge is 2.01. The summed E-state index contributed by atoms with van der Waals surface area (Å²) in [5.41, 5.74) is 2.59. The molecule has 0 aliphatic carbocycles. The lowest BCUT2D eigenvalue weighted by Crippen LogP contribution is -2.28. The molecule has 0 fully saturated rings. The SMILES string of the molecule is CCc1ccc(OCCNC(=O)CCSCc2ccccc2)cc1. The molecule has 0 aromatic heterocycles. The molecule has 0 atom stereocenters. The normalized spacial score (nSPS) is 10.4. The lowest BCUT2D eigenvalue weighted by Gasteiger charge is -2.08. The van der Waals surface area contributed by atoms with Gasteiger partial charge in [0.2, 0.25) is 5.91 Å². The van der Waals surface area contributed by atoms with Gasteiger partial charge in [0, 0.05) is 17.9 Å². The van der Waals surface area contributed by atoms with Gasteiger partial charge in [-0.05, 0) is 29.7 Å². The van der Waals surface area contributed by atoms with Crippen LogP contribution in [0.5, 0.6) is 5.75 Å². The minimum Gasteiger partial charge on any atom is -0.492 e. The second-order valence-corrected chi connectivity index (χ2v) is 6.59. The van der Waals surface area contributed by atoms with Gasteiger partial charge in [0.15, 0.2) is 0 Å². The summed E-state index contributed by atoms with van der Waals surface area (Å²) in [6.07, 6.45) is 1.57. The molecule has 2 aromatic carbocycles. The van der Waals surface area contributed by atoms with Gasteiger partial charge in [-0.15, -0.1) is 0 Å². The van der Waals surface area contributed by atoms with Crippen LogP contribution in [0.2, 0.25) is 0 Å². The highest BCUT2D eigenvalue weighted by atomic mass is 32.2. The second-order valence-electron chi connectivity index (χ2n) is 5.48. The standard InChI is InChI=1S/C20H25NO2S/c1-2-17-8-10-19(11-9-17)23-14-13-21-20(22)12-15-24-16-18-6-4-3-5-7-18/h3-11H,2,12-16H2,1H3,(H,21,22). The quantitative estimate of drug-likeness (QED) is 0.661. The fourth-order valence-electron chi connectivity index (χ4n) is 2.20. The van der Waals surface area contributed by atoms with Crippen LogP contribution in [0.3, 0.4) is 0 Å². The summed E-state index contributed by atoms with van der Waals surface area (Å²) in [6.45, 7) is 3.16. The molecule has 0 bridgehead atoms. The molecule has 1 N–H and O–H groups in total. The summed E-state index contributed by atoms with van der Waals surface area (Å²) in [4.78, 5) is 11.8. The van der Waals surface area contributed by atoms with E-state index < -0.39 is 0 Å². The Morgan fingerprint density at radius 3 is 2.50 bits per heavy atom. The monoisotopic (exact) mass is 343 g/mol. The lowest BCUT2D eigenvalue weighted by atomic mass is 10.2. The number of aryl methyl sites for hydroxylation is 1. The van der Waals surface area contributed by atoms with Gasteiger partial charge < -0.3 is 10.1 Å². The van der Waals surface area contributed by atoms with E-state index in [0.29, 0.717) is 19.6 Å². The fourth-order valence-corrected chi connectivity index (χ4v) is 3.10. The first-order chi connectivity index (χ1) is 11.8. The Balaban J connectivity index is 1.51. The highest BCUT2D eigenvalue weighted by Crippen LogP contribution is 2.13. The molecule has 0 radical (unpaired) electrons. The summed E-state index contributed by atoms with van der Waals surface area (Å²) in [5, 5.41) is 2.90. The number of hydrogen-bond acceptors (Lipinski definition) is 3. The van der Waals surface area contributed by atoms with Crippen molar-refractivity contribution < 1.29 is 9.53 Å². The van der Waals surface area contributed by atoms with E-state index in [1.807, 2.05) is 30.3 Å². The van der Waals surface area contributed by atoms with Gasteiger partial charge in [0.05, 0.1) is 6.54 Å². The number of benzene rings is 2. The molecular weight excluding hydrogens is 318 g/mol. The van der Waals surface area contributed by atoms with Gasteiger partial charge in [-0.1, -0.05) is 49.4 Å². The van der Waals surface area contributed by atoms with Crippen LogP contribution in [0.1, 0.15) is 24.5 Å². The molecule has 0 saturated carbocycles. The van der Waals surface area contributed by atoms with Crippen molar-refractivity contribution in [3.05, 3.63) is 65.7 Å². The topological polar surface area (TPSA) is 38.3 Å². The Kier molecular flexibility index (Phi) is 8.25. The van der Waals surface area contributed by atoms with Gasteiger partial charge in [-0.2, -0.15) is 11.8 Å². The minimum atomic E-state index is 0.0838. The first-order valence-electron chi connectivity index (χ1n) is 8.38. The Hall–Kier alpha value is -1.94. The van der Waals surface area contributed by atoms with E-state index in [0.717, 1.165) is 23.7 Å². The first kappa shape index (κ1) is 18.4. The molecule has 128 valence electrons. The average molecular weight is 343 g/mol. The van der Waals surface area contributed by atoms with Gasteiger partial charge >= 0.3 is 0 Å². The average Bonchev–Trinajstić information content (AvgIpc) is 2.64. The van der Waals surface area contributed by atoms with Crippen LogP contribution in [-0.2, 0) is 17.0 Å². The summed E-state index contributed by atoms with van der Waals surface area (Å²) in [7, 11) is 0. The van der Waals surface area contributed by atoms with Crippen molar-refractivity contribution in [1.29, 1.82) is 0 Å². The molecule has 0 aliphatic rings. The molecule has 2 aromatic rings. The molecule has 3 nitrogen and oxygen atoms in total. The van der Waals surface area contributed by atoms with Gasteiger partial charge in [0.25, 0.3) is 0 Å². The summed E-state index contributed by atoms with van der Waals surface area (Å²) in [6, 6.07) is 18.4. The van der Waals surface area contributed by atoms with Crippen molar-refractivity contribution in [3.63, 3.8) is 0 Å². The molecule has 0 heterocycles. The van der Waals surface area contributed by atoms with Gasteiger partial charge in [0.1, 0.15) is 12.4 Å². The van der Waals surface area contributed by atoms with Crippen LogP contribution >= 0.6 is 11.8 Å². The number of nitrogens with one attached hydrogen (secondary N) is 1. The molecule has 0 spiro atoms. The zero-order valence-electron chi connectivity index (χ0n) is 14.2. The Bertz CT molecular complexity index is 599. The van der Waals surface area contributed by atoms with Crippen molar-refractivity contribution >= 4 is 17.7 Å². The number of hydrogen-bond donors (Lipinski definition) is 1. The van der Waals surface area contributed by atoms with Gasteiger partial charge in [-0.3, -0.25) is 4.79 Å². The zero-order valence-corrected chi connectivity index (χ0v) is 15.0. The molecular formula is C20H25NO2S. The van der Waals surface area contributed by atoms with E-state index in [-0.39, 0.29) is 5.91 Å². The fraction of sp³-hybridized carbons (Fsp3) is 0.350. The van der Waals surface area contributed by atoms with E-state index in [9.17, 15) is 4.79 Å². The van der Waals surface area contributed by atoms with E-state index in [2.05, 4.69) is 36.5 Å². The largest absolute Gasteiger partial charge is 0.492 e. The maximum atomic E-state index is 11.8. The van der Waals surface area contributed by atoms with E-state index >= 15 is 0 Å². The van der Waals surface area contributed by atoms with Crippen LogP contribution < -0.4 is 10.1 Å². The first-order valence-corrected chi connectivity index (χ1v) is 9.53. The van der Waals surface area contributed by atoms with Crippen molar-refractivity contribution in [2.45, 2.75) is 25.5 Å². The van der Waals surface area contributed by atoms with Crippen LogP contribution in [0, 0.1) is 0 Å². The van der Waals surface area contributed by atoms with E-state index in [1.165, 1.54) is 11.1 Å². The van der Waals surface area contributed by atoms with Crippen molar-refractivity contribution in [2.24, 2.45) is 0 Å². The molecule has 1 amide bonds. The predicted octanol–water partition coefficient (Wildman–Crippen LogP) is 4.07. The smallest absolute Gasteiger partial charge is 0.220 e. The molecule has 2 rings (SSSR count). The minimum absolute atomic E-state index is 0.0838. The van der Waals surface area contributed by atoms with Crippen molar-refractivity contribution in [3.8, 4) is 5.75 Å². The maximum Gasteiger partial charge on any atom is 0.220 e. The molecule has 0 saturated heterocycles. The zero-order chi connectivity index (χ0) is 17.0. The number of ether oxygens (including phenoxy) is 1.